The van der Waals surface area contributed by atoms with E-state index in [0.29, 0.717) is 21.9 Å². The van der Waals surface area contributed by atoms with E-state index in [4.69, 9.17) is 0 Å². The van der Waals surface area contributed by atoms with Crippen LogP contribution in [0.5, 0.6) is 0 Å². The fourth-order valence-corrected chi connectivity index (χ4v) is 5.15. The molecule has 0 radical (unpaired) electrons. The van der Waals surface area contributed by atoms with Crippen molar-refractivity contribution in [2.45, 2.75) is 6.18 Å². The Bertz CT molecular complexity index is 2140. The van der Waals surface area contributed by atoms with Crippen LogP contribution in [0.2, 0.25) is 0 Å². The number of alkyl halides is 3. The number of benzene rings is 3. The second kappa shape index (κ2) is 8.63. The van der Waals surface area contributed by atoms with Crippen LogP contribution in [0.1, 0.15) is 5.56 Å². The highest BCUT2D eigenvalue weighted by molar-refractivity contribution is 6.05. The number of aryl methyl sites for hydroxylation is 1. The molecule has 7 nitrogen and oxygen atoms in total. The number of para-hydroxylation sites is 1. The van der Waals surface area contributed by atoms with Gasteiger partial charge in [-0.3, -0.25) is 19.1 Å². The molecule has 0 fully saturated rings. The number of imidazole rings is 1. The first-order valence-electron chi connectivity index (χ1n) is 12.4. The third kappa shape index (κ3) is 3.68. The molecule has 0 amide bonds. The van der Waals surface area contributed by atoms with Crippen LogP contribution in [0, 0.1) is 0 Å². The maximum atomic E-state index is 14.2. The molecule has 196 valence electrons. The molecule has 0 bridgehead atoms. The Labute approximate surface area is 224 Å². The molecular weight excluding hydrogens is 517 g/mol. The van der Waals surface area contributed by atoms with Crippen molar-refractivity contribution < 1.29 is 13.2 Å². The van der Waals surface area contributed by atoms with Gasteiger partial charge in [0, 0.05) is 42.0 Å². The highest BCUT2D eigenvalue weighted by Crippen LogP contribution is 2.36. The van der Waals surface area contributed by atoms with Gasteiger partial charge in [-0.15, -0.1) is 0 Å². The summed E-state index contributed by atoms with van der Waals surface area (Å²) in [6, 6.07) is 20.8. The molecule has 0 aliphatic heterocycles. The summed E-state index contributed by atoms with van der Waals surface area (Å²) in [5.41, 5.74) is 2.71. The fourth-order valence-electron chi connectivity index (χ4n) is 5.15. The summed E-state index contributed by atoms with van der Waals surface area (Å²) in [5.74, 6) is 0. The Hall–Kier alpha value is -5.25. The summed E-state index contributed by atoms with van der Waals surface area (Å²) in [7, 11) is 1.58. The maximum Gasteiger partial charge on any atom is 0.418 e. The molecule has 10 heteroatoms. The van der Waals surface area contributed by atoms with Gasteiger partial charge in [-0.25, -0.2) is 9.48 Å². The third-order valence-electron chi connectivity index (χ3n) is 7.10. The quantitative estimate of drug-likeness (QED) is 0.266. The first-order valence-corrected chi connectivity index (χ1v) is 12.4. The molecule has 0 N–H and O–H groups in total. The van der Waals surface area contributed by atoms with Gasteiger partial charge in [0.05, 0.1) is 45.2 Å². The Morgan fingerprint density at radius 1 is 0.825 bits per heavy atom. The minimum Gasteiger partial charge on any atom is -0.293 e. The van der Waals surface area contributed by atoms with Crippen molar-refractivity contribution in [2.75, 3.05) is 0 Å². The SMILES string of the molecule is Cn1c(=O)n(-c2ccc(-n3cccn3)c(C(F)(F)F)c2)c2c3cc(-c4cnc5ccccc5c4)ccc3ncc21. The number of hydrogen-bond donors (Lipinski definition) is 0. The molecule has 0 saturated heterocycles. The van der Waals surface area contributed by atoms with Crippen molar-refractivity contribution in [1.82, 2.24) is 28.9 Å². The zero-order chi connectivity index (χ0) is 27.6. The average Bonchev–Trinajstić information content (AvgIpc) is 3.59. The van der Waals surface area contributed by atoms with Crippen LogP contribution < -0.4 is 5.69 Å². The number of nitrogens with zero attached hydrogens (tertiary/aromatic N) is 6. The third-order valence-corrected chi connectivity index (χ3v) is 7.10. The molecule has 7 aromatic rings. The molecule has 7 rings (SSSR count). The van der Waals surface area contributed by atoms with Gasteiger partial charge in [0.25, 0.3) is 0 Å². The Morgan fingerprint density at radius 3 is 2.45 bits per heavy atom. The Kier molecular flexibility index (Phi) is 5.15. The zero-order valence-corrected chi connectivity index (χ0v) is 21.0. The first kappa shape index (κ1) is 23.8. The average molecular weight is 537 g/mol. The molecule has 0 aliphatic rings. The van der Waals surface area contributed by atoms with Gasteiger partial charge < -0.3 is 0 Å². The van der Waals surface area contributed by atoms with E-state index in [1.807, 2.05) is 48.5 Å². The van der Waals surface area contributed by atoms with Gasteiger partial charge in [0.1, 0.15) is 0 Å². The lowest BCUT2D eigenvalue weighted by Crippen LogP contribution is -2.21. The van der Waals surface area contributed by atoms with Crippen LogP contribution in [-0.4, -0.2) is 28.9 Å². The maximum absolute atomic E-state index is 14.2. The van der Waals surface area contributed by atoms with Crippen LogP contribution in [-0.2, 0) is 13.2 Å². The lowest BCUT2D eigenvalue weighted by Gasteiger charge is -2.15. The first-order chi connectivity index (χ1) is 19.3. The Morgan fingerprint density at radius 2 is 1.65 bits per heavy atom. The molecule has 40 heavy (non-hydrogen) atoms. The van der Waals surface area contributed by atoms with Gasteiger partial charge in [-0.2, -0.15) is 18.3 Å². The molecule has 0 saturated carbocycles. The smallest absolute Gasteiger partial charge is 0.293 e. The number of rotatable bonds is 3. The lowest BCUT2D eigenvalue weighted by molar-refractivity contribution is -0.137. The second-order valence-corrected chi connectivity index (χ2v) is 9.47. The van der Waals surface area contributed by atoms with Crippen LogP contribution in [0.4, 0.5) is 13.2 Å². The molecule has 4 aromatic heterocycles. The molecule has 0 atom stereocenters. The predicted octanol–water partition coefficient (Wildman–Crippen LogP) is 6.30. The van der Waals surface area contributed by atoms with E-state index >= 15 is 0 Å². The van der Waals surface area contributed by atoms with E-state index in [1.54, 1.807) is 25.5 Å². The summed E-state index contributed by atoms with van der Waals surface area (Å²) in [4.78, 5) is 22.6. The van der Waals surface area contributed by atoms with Gasteiger partial charge >= 0.3 is 11.9 Å². The summed E-state index contributed by atoms with van der Waals surface area (Å²) < 4.78 is 46.5. The zero-order valence-electron chi connectivity index (χ0n) is 21.0. The standard InChI is InChI=1S/C30H19F3N6O/c1-37-27-17-35-25-9-7-18(20-13-19-5-2-3-6-24(19)34-16-20)14-22(25)28(27)39(29(37)40)21-8-10-26(38-12-4-11-36-38)23(15-21)30(31,32)33/h2-17H,1H3. The summed E-state index contributed by atoms with van der Waals surface area (Å²) >= 11 is 0. The number of halogens is 3. The number of aromatic nitrogens is 6. The summed E-state index contributed by atoms with van der Waals surface area (Å²) in [6.45, 7) is 0. The largest absolute Gasteiger partial charge is 0.418 e. The monoisotopic (exact) mass is 536 g/mol. The van der Waals surface area contributed by atoms with E-state index in [2.05, 4.69) is 15.1 Å². The van der Waals surface area contributed by atoms with Crippen LogP contribution in [0.25, 0.3) is 55.3 Å². The van der Waals surface area contributed by atoms with Crippen molar-refractivity contribution in [3.8, 4) is 22.5 Å². The number of hydrogen-bond acceptors (Lipinski definition) is 4. The summed E-state index contributed by atoms with van der Waals surface area (Å²) in [6.07, 6.45) is 1.52. The molecule has 0 unspecified atom stereocenters. The highest BCUT2D eigenvalue weighted by atomic mass is 19.4. The van der Waals surface area contributed by atoms with Crippen LogP contribution >= 0.6 is 0 Å². The van der Waals surface area contributed by atoms with Gasteiger partial charge in [-0.05, 0) is 54.1 Å². The van der Waals surface area contributed by atoms with Crippen molar-refractivity contribution in [1.29, 1.82) is 0 Å². The van der Waals surface area contributed by atoms with Gasteiger partial charge in [-0.1, -0.05) is 24.3 Å². The van der Waals surface area contributed by atoms with Crippen LogP contribution in [0.3, 0.4) is 0 Å². The topological polar surface area (TPSA) is 70.5 Å². The minimum atomic E-state index is -4.68. The lowest BCUT2D eigenvalue weighted by atomic mass is 10.0. The van der Waals surface area contributed by atoms with Crippen molar-refractivity contribution in [3.05, 3.63) is 114 Å². The second-order valence-electron chi connectivity index (χ2n) is 9.47. The fraction of sp³-hybridized carbons (Fsp3) is 0.0667. The minimum absolute atomic E-state index is 0.0871. The molecule has 4 heterocycles. The van der Waals surface area contributed by atoms with E-state index in [1.165, 1.54) is 33.7 Å². The van der Waals surface area contributed by atoms with Crippen molar-refractivity contribution in [2.24, 2.45) is 7.05 Å². The Balaban J connectivity index is 1.49. The molecular formula is C30H19F3N6O. The molecule has 3 aromatic carbocycles. The number of fused-ring (bicyclic) bond motifs is 4. The highest BCUT2D eigenvalue weighted by Gasteiger charge is 2.35. The van der Waals surface area contributed by atoms with E-state index < -0.39 is 17.4 Å². The van der Waals surface area contributed by atoms with E-state index in [-0.39, 0.29) is 11.4 Å². The van der Waals surface area contributed by atoms with Crippen molar-refractivity contribution >= 4 is 32.8 Å². The van der Waals surface area contributed by atoms with Gasteiger partial charge in [0.2, 0.25) is 0 Å². The summed E-state index contributed by atoms with van der Waals surface area (Å²) in [5, 5.41) is 5.57. The van der Waals surface area contributed by atoms with Crippen molar-refractivity contribution in [3.63, 3.8) is 0 Å². The molecule has 0 spiro atoms. The molecule has 0 aliphatic carbocycles. The predicted molar refractivity (Wildman–Crippen MR) is 147 cm³/mol. The van der Waals surface area contributed by atoms with E-state index in [9.17, 15) is 18.0 Å². The van der Waals surface area contributed by atoms with E-state index in [0.717, 1.165) is 32.8 Å². The van der Waals surface area contributed by atoms with Gasteiger partial charge in [0.15, 0.2) is 0 Å². The number of pyridine rings is 2. The normalized spacial score (nSPS) is 12.1. The van der Waals surface area contributed by atoms with Crippen LogP contribution in [0.15, 0.2) is 102 Å².